The second kappa shape index (κ2) is 7.19. The van der Waals surface area contributed by atoms with Gasteiger partial charge in [0.2, 0.25) is 0 Å². The average molecular weight is 368 g/mol. The Morgan fingerprint density at radius 1 is 1.11 bits per heavy atom. The maximum absolute atomic E-state index is 13.2. The molecule has 0 N–H and O–H groups in total. The highest BCUT2D eigenvalue weighted by Crippen LogP contribution is 2.19. The molecule has 0 unspecified atom stereocenters. The van der Waals surface area contributed by atoms with Crippen molar-refractivity contribution in [3.8, 4) is 5.69 Å². The molecule has 0 aliphatic heterocycles. The van der Waals surface area contributed by atoms with Gasteiger partial charge in [-0.1, -0.05) is 12.1 Å². The molecule has 0 aliphatic rings. The van der Waals surface area contributed by atoms with E-state index in [0.29, 0.717) is 11.4 Å². The number of amides is 1. The molecule has 0 saturated carbocycles. The molecule has 0 aliphatic carbocycles. The van der Waals surface area contributed by atoms with Crippen LogP contribution in [0.15, 0.2) is 53.6 Å². The van der Waals surface area contributed by atoms with Crippen LogP contribution in [0.2, 0.25) is 0 Å². The summed E-state index contributed by atoms with van der Waals surface area (Å²) < 4.78 is 15.4. The van der Waals surface area contributed by atoms with Gasteiger partial charge in [0.1, 0.15) is 12.1 Å². The number of hydrogen-bond acceptors (Lipinski definition) is 3. The predicted molar refractivity (Wildman–Crippen MR) is 102 cm³/mol. The van der Waals surface area contributed by atoms with E-state index in [-0.39, 0.29) is 6.04 Å². The number of halogens is 1. The predicted octanol–water partition coefficient (Wildman–Crippen LogP) is 3.67. The third kappa shape index (κ3) is 3.40. The Labute approximate surface area is 156 Å². The van der Waals surface area contributed by atoms with Gasteiger partial charge in [0, 0.05) is 11.7 Å². The first-order chi connectivity index (χ1) is 12.8. The lowest BCUT2D eigenvalue weighted by Crippen LogP contribution is -2.43. The van der Waals surface area contributed by atoms with Crippen molar-refractivity contribution in [1.82, 2.24) is 14.3 Å². The molecule has 0 radical (unpaired) electrons. The van der Waals surface area contributed by atoms with Crippen LogP contribution in [0.3, 0.4) is 0 Å². The van der Waals surface area contributed by atoms with Gasteiger partial charge in [0.25, 0.3) is 0 Å². The molecule has 0 fully saturated rings. The van der Waals surface area contributed by atoms with Crippen LogP contribution < -0.4 is 10.6 Å². The highest BCUT2D eigenvalue weighted by atomic mass is 19.1. The quantitative estimate of drug-likeness (QED) is 0.709. The van der Waals surface area contributed by atoms with Gasteiger partial charge in [-0.25, -0.2) is 14.0 Å². The van der Waals surface area contributed by atoms with Crippen molar-refractivity contribution in [2.45, 2.75) is 33.7 Å². The highest BCUT2D eigenvalue weighted by Gasteiger charge is 2.24. The maximum Gasteiger partial charge on any atom is 0.358 e. The zero-order valence-electron chi connectivity index (χ0n) is 15.7. The standard InChI is InChI=1S/C20H21FN4O2/c1-13(2)24(17-10-8-16(21)9-11-17)19(26)23-12-22-25(20(23)27)18-7-5-6-14(3)15(18)4/h5-13H,1-4H3. The largest absolute Gasteiger partial charge is 0.358 e. The molecular formula is C20H21FN4O2. The SMILES string of the molecule is Cc1cccc(-n2ncn(C(=O)N(c3ccc(F)cc3)C(C)C)c2=O)c1C. The Bertz CT molecular complexity index is 1030. The zero-order valence-corrected chi connectivity index (χ0v) is 15.7. The van der Waals surface area contributed by atoms with Gasteiger partial charge in [0.15, 0.2) is 0 Å². The first kappa shape index (κ1) is 18.6. The van der Waals surface area contributed by atoms with Crippen LogP contribution in [-0.2, 0) is 0 Å². The summed E-state index contributed by atoms with van der Waals surface area (Å²) in [7, 11) is 0. The molecule has 3 rings (SSSR count). The van der Waals surface area contributed by atoms with E-state index in [2.05, 4.69) is 5.10 Å². The van der Waals surface area contributed by atoms with Crippen molar-refractivity contribution in [2.75, 3.05) is 4.90 Å². The van der Waals surface area contributed by atoms with E-state index in [0.717, 1.165) is 15.7 Å². The normalized spacial score (nSPS) is 11.0. The Balaban J connectivity index is 2.04. The number of carbonyl (C=O) groups excluding carboxylic acids is 1. The molecule has 2 aromatic carbocycles. The van der Waals surface area contributed by atoms with Gasteiger partial charge in [-0.05, 0) is 69.2 Å². The minimum absolute atomic E-state index is 0.237. The Kier molecular flexibility index (Phi) is 4.94. The second-order valence-electron chi connectivity index (χ2n) is 6.64. The van der Waals surface area contributed by atoms with E-state index in [1.54, 1.807) is 6.07 Å². The molecule has 1 aromatic heterocycles. The summed E-state index contributed by atoms with van der Waals surface area (Å²) >= 11 is 0. The summed E-state index contributed by atoms with van der Waals surface area (Å²) in [5.74, 6) is -0.394. The smallest absolute Gasteiger partial charge is 0.291 e. The first-order valence-electron chi connectivity index (χ1n) is 8.63. The zero-order chi connectivity index (χ0) is 19.7. The van der Waals surface area contributed by atoms with Crippen LogP contribution in [0.4, 0.5) is 14.9 Å². The van der Waals surface area contributed by atoms with Gasteiger partial charge in [-0.2, -0.15) is 14.3 Å². The lowest BCUT2D eigenvalue weighted by atomic mass is 10.1. The third-order valence-corrected chi connectivity index (χ3v) is 4.51. The van der Waals surface area contributed by atoms with E-state index in [4.69, 9.17) is 0 Å². The number of aryl methyl sites for hydroxylation is 1. The van der Waals surface area contributed by atoms with Crippen LogP contribution in [0, 0.1) is 19.7 Å². The van der Waals surface area contributed by atoms with Crippen LogP contribution in [-0.4, -0.2) is 26.4 Å². The number of carbonyl (C=O) groups is 1. The summed E-state index contributed by atoms with van der Waals surface area (Å²) in [6.45, 7) is 7.49. The fourth-order valence-corrected chi connectivity index (χ4v) is 2.91. The molecule has 0 atom stereocenters. The Morgan fingerprint density at radius 3 is 2.41 bits per heavy atom. The van der Waals surface area contributed by atoms with Crippen LogP contribution >= 0.6 is 0 Å². The summed E-state index contributed by atoms with van der Waals surface area (Å²) in [5.41, 5.74) is 2.51. The minimum Gasteiger partial charge on any atom is -0.291 e. The number of anilines is 1. The van der Waals surface area contributed by atoms with Crippen LogP contribution in [0.1, 0.15) is 25.0 Å². The van der Waals surface area contributed by atoms with Gasteiger partial charge >= 0.3 is 11.7 Å². The highest BCUT2D eigenvalue weighted by molar-refractivity contribution is 5.93. The summed E-state index contributed by atoms with van der Waals surface area (Å²) in [4.78, 5) is 27.3. The van der Waals surface area contributed by atoms with Crippen molar-refractivity contribution < 1.29 is 9.18 Å². The van der Waals surface area contributed by atoms with Gasteiger partial charge in [-0.3, -0.25) is 4.90 Å². The van der Waals surface area contributed by atoms with E-state index < -0.39 is 17.5 Å². The molecule has 27 heavy (non-hydrogen) atoms. The molecule has 3 aromatic rings. The van der Waals surface area contributed by atoms with Crippen LogP contribution in [0.5, 0.6) is 0 Å². The summed E-state index contributed by atoms with van der Waals surface area (Å²) in [6, 6.07) is 10.4. The molecule has 1 heterocycles. The number of benzene rings is 2. The summed E-state index contributed by atoms with van der Waals surface area (Å²) in [5, 5.41) is 4.12. The second-order valence-corrected chi connectivity index (χ2v) is 6.64. The molecular weight excluding hydrogens is 347 g/mol. The van der Waals surface area contributed by atoms with Crippen molar-refractivity contribution in [1.29, 1.82) is 0 Å². The average Bonchev–Trinajstić information content (AvgIpc) is 3.00. The number of rotatable bonds is 3. The van der Waals surface area contributed by atoms with E-state index >= 15 is 0 Å². The Hall–Kier alpha value is -3.22. The minimum atomic E-state index is -0.554. The molecule has 0 spiro atoms. The molecule has 1 amide bonds. The molecule has 7 heteroatoms. The lowest BCUT2D eigenvalue weighted by molar-refractivity contribution is 0.245. The van der Waals surface area contributed by atoms with E-state index in [1.807, 2.05) is 39.8 Å². The summed E-state index contributed by atoms with van der Waals surface area (Å²) in [6.07, 6.45) is 1.21. The lowest BCUT2D eigenvalue weighted by Gasteiger charge is -2.26. The number of hydrogen-bond donors (Lipinski definition) is 0. The fourth-order valence-electron chi connectivity index (χ4n) is 2.91. The van der Waals surface area contributed by atoms with Crippen LogP contribution in [0.25, 0.3) is 5.69 Å². The molecule has 6 nitrogen and oxygen atoms in total. The maximum atomic E-state index is 13.2. The Morgan fingerprint density at radius 2 is 1.78 bits per heavy atom. The fraction of sp³-hybridized carbons (Fsp3) is 0.250. The van der Waals surface area contributed by atoms with Gasteiger partial charge < -0.3 is 0 Å². The van der Waals surface area contributed by atoms with Crippen molar-refractivity contribution in [3.63, 3.8) is 0 Å². The number of aromatic nitrogens is 3. The van der Waals surface area contributed by atoms with Crippen molar-refractivity contribution >= 4 is 11.7 Å². The van der Waals surface area contributed by atoms with E-state index in [9.17, 15) is 14.0 Å². The van der Waals surface area contributed by atoms with E-state index in [1.165, 1.54) is 40.2 Å². The monoisotopic (exact) mass is 368 g/mol. The molecule has 0 bridgehead atoms. The number of nitrogens with zero attached hydrogens (tertiary/aromatic N) is 4. The molecule has 0 saturated heterocycles. The third-order valence-electron chi connectivity index (χ3n) is 4.51. The van der Waals surface area contributed by atoms with Crippen molar-refractivity contribution in [2.24, 2.45) is 0 Å². The topological polar surface area (TPSA) is 60.1 Å². The van der Waals surface area contributed by atoms with Crippen molar-refractivity contribution in [3.05, 3.63) is 76.2 Å². The molecule has 140 valence electrons. The van der Waals surface area contributed by atoms with Gasteiger partial charge in [0.05, 0.1) is 5.69 Å². The van der Waals surface area contributed by atoms with Gasteiger partial charge in [-0.15, -0.1) is 0 Å². The first-order valence-corrected chi connectivity index (χ1v) is 8.63.